The maximum absolute atomic E-state index is 5.99. The van der Waals surface area contributed by atoms with E-state index in [-0.39, 0.29) is 0 Å². The zero-order chi connectivity index (χ0) is 20.4. The Hall–Kier alpha value is -2.00. The number of quaternary nitrogens is 1. The molecule has 1 aliphatic rings. The van der Waals surface area contributed by atoms with E-state index < -0.39 is 0 Å². The molecule has 0 unspecified atom stereocenters. The number of benzene rings is 2. The van der Waals surface area contributed by atoms with E-state index in [2.05, 4.69) is 44.2 Å². The van der Waals surface area contributed by atoms with E-state index in [4.69, 9.17) is 9.47 Å². The number of hydrogen-bond acceptors (Lipinski definition) is 2. The molecule has 0 aromatic heterocycles. The molecule has 1 saturated heterocycles. The van der Waals surface area contributed by atoms with Gasteiger partial charge >= 0.3 is 0 Å². The molecule has 0 aliphatic carbocycles. The quantitative estimate of drug-likeness (QED) is 0.340. The lowest BCUT2D eigenvalue weighted by molar-refractivity contribution is -0.931. The Kier molecular flexibility index (Phi) is 8.42. The summed E-state index contributed by atoms with van der Waals surface area (Å²) in [6.45, 7) is 11.1. The summed E-state index contributed by atoms with van der Waals surface area (Å²) in [5, 5.41) is 0. The maximum atomic E-state index is 5.99. The summed E-state index contributed by atoms with van der Waals surface area (Å²) < 4.78 is 13.0. The van der Waals surface area contributed by atoms with Gasteiger partial charge in [0.05, 0.1) is 39.4 Å². The van der Waals surface area contributed by atoms with E-state index in [0.29, 0.717) is 0 Å². The summed E-state index contributed by atoms with van der Waals surface area (Å²) >= 11 is 0. The fraction of sp³-hybridized carbons (Fsp3) is 0.538. The normalized spacial score (nSPS) is 21.7. The van der Waals surface area contributed by atoms with Crippen LogP contribution in [0.1, 0.15) is 57.4 Å². The van der Waals surface area contributed by atoms with Crippen molar-refractivity contribution < 1.29 is 14.0 Å². The highest BCUT2D eigenvalue weighted by molar-refractivity contribution is 5.31. The highest BCUT2D eigenvalue weighted by Gasteiger charge is 2.32. The SMILES string of the molecule is CCCCOc1ccc(OCCC[N+]2(CC)CCC(c3ccccc3)CC2)cc1. The summed E-state index contributed by atoms with van der Waals surface area (Å²) in [5.74, 6) is 2.62. The van der Waals surface area contributed by atoms with E-state index >= 15 is 0 Å². The summed E-state index contributed by atoms with van der Waals surface area (Å²) in [5.41, 5.74) is 1.52. The molecule has 0 radical (unpaired) electrons. The Labute approximate surface area is 177 Å². The van der Waals surface area contributed by atoms with Crippen molar-refractivity contribution in [3.8, 4) is 11.5 Å². The summed E-state index contributed by atoms with van der Waals surface area (Å²) in [7, 11) is 0. The van der Waals surface area contributed by atoms with E-state index in [9.17, 15) is 0 Å². The van der Waals surface area contributed by atoms with Gasteiger partial charge in [-0.05, 0) is 49.1 Å². The van der Waals surface area contributed by atoms with Crippen molar-refractivity contribution in [2.24, 2.45) is 0 Å². The van der Waals surface area contributed by atoms with Crippen LogP contribution in [0.4, 0.5) is 0 Å². The third-order valence-electron chi connectivity index (χ3n) is 6.48. The van der Waals surface area contributed by atoms with Crippen molar-refractivity contribution in [2.45, 2.75) is 51.9 Å². The van der Waals surface area contributed by atoms with Crippen LogP contribution in [0.5, 0.6) is 11.5 Å². The van der Waals surface area contributed by atoms with E-state index in [1.54, 1.807) is 0 Å². The van der Waals surface area contributed by atoms with Crippen LogP contribution in [0, 0.1) is 0 Å². The second-order valence-corrected chi connectivity index (χ2v) is 8.39. The molecule has 0 bridgehead atoms. The number of unbranched alkanes of at least 4 members (excludes halogenated alkanes) is 1. The summed E-state index contributed by atoms with van der Waals surface area (Å²) in [6.07, 6.45) is 5.97. The monoisotopic (exact) mass is 396 g/mol. The number of hydrogen-bond donors (Lipinski definition) is 0. The van der Waals surface area contributed by atoms with Crippen LogP contribution in [0.25, 0.3) is 0 Å². The third kappa shape index (κ3) is 6.50. The highest BCUT2D eigenvalue weighted by atomic mass is 16.5. The molecule has 0 atom stereocenters. The largest absolute Gasteiger partial charge is 0.494 e. The van der Waals surface area contributed by atoms with Gasteiger partial charge in [0, 0.05) is 19.3 Å². The molecule has 1 fully saturated rings. The lowest BCUT2D eigenvalue weighted by Gasteiger charge is -2.43. The van der Waals surface area contributed by atoms with E-state index in [1.165, 1.54) is 49.1 Å². The molecule has 2 aromatic rings. The Bertz CT molecular complexity index is 690. The van der Waals surface area contributed by atoms with E-state index in [1.807, 2.05) is 24.3 Å². The van der Waals surface area contributed by atoms with Gasteiger partial charge in [-0.15, -0.1) is 0 Å². The molecule has 0 spiro atoms. The first kappa shape index (κ1) is 21.7. The topological polar surface area (TPSA) is 18.5 Å². The van der Waals surface area contributed by atoms with Crippen molar-refractivity contribution in [1.82, 2.24) is 0 Å². The Morgan fingerprint density at radius 2 is 1.38 bits per heavy atom. The average Bonchev–Trinajstić information content (AvgIpc) is 2.79. The number of ether oxygens (including phenoxy) is 2. The molecular weight excluding hydrogens is 358 g/mol. The molecular formula is C26H38NO2+. The molecule has 0 amide bonds. The van der Waals surface area contributed by atoms with Gasteiger partial charge in [0.15, 0.2) is 0 Å². The zero-order valence-electron chi connectivity index (χ0n) is 18.3. The highest BCUT2D eigenvalue weighted by Crippen LogP contribution is 2.31. The molecule has 158 valence electrons. The first-order valence-electron chi connectivity index (χ1n) is 11.5. The van der Waals surface area contributed by atoms with Gasteiger partial charge in [0.1, 0.15) is 11.5 Å². The minimum Gasteiger partial charge on any atom is -0.494 e. The van der Waals surface area contributed by atoms with Crippen molar-refractivity contribution in [3.63, 3.8) is 0 Å². The van der Waals surface area contributed by atoms with Gasteiger partial charge < -0.3 is 14.0 Å². The maximum Gasteiger partial charge on any atom is 0.119 e. The predicted molar refractivity (Wildman–Crippen MR) is 121 cm³/mol. The van der Waals surface area contributed by atoms with Crippen LogP contribution in [-0.4, -0.2) is 43.9 Å². The Balaban J connectivity index is 1.39. The van der Waals surface area contributed by atoms with Gasteiger partial charge in [-0.25, -0.2) is 0 Å². The Morgan fingerprint density at radius 3 is 1.93 bits per heavy atom. The summed E-state index contributed by atoms with van der Waals surface area (Å²) in [6, 6.07) is 19.1. The van der Waals surface area contributed by atoms with Crippen LogP contribution < -0.4 is 9.47 Å². The molecule has 0 saturated carbocycles. The molecule has 3 nitrogen and oxygen atoms in total. The molecule has 29 heavy (non-hydrogen) atoms. The van der Waals surface area contributed by atoms with E-state index in [0.717, 1.165) is 49.9 Å². The van der Waals surface area contributed by atoms with Crippen LogP contribution >= 0.6 is 0 Å². The molecule has 1 aliphatic heterocycles. The van der Waals surface area contributed by atoms with Gasteiger partial charge in [-0.3, -0.25) is 0 Å². The third-order valence-corrected chi connectivity index (χ3v) is 6.48. The van der Waals surface area contributed by atoms with Gasteiger partial charge in [-0.1, -0.05) is 43.7 Å². The van der Waals surface area contributed by atoms with Gasteiger partial charge in [-0.2, -0.15) is 0 Å². The van der Waals surface area contributed by atoms with Crippen LogP contribution in [0.2, 0.25) is 0 Å². The average molecular weight is 397 g/mol. The minimum atomic E-state index is 0.739. The smallest absolute Gasteiger partial charge is 0.119 e. The van der Waals surface area contributed by atoms with Crippen LogP contribution in [0.3, 0.4) is 0 Å². The lowest BCUT2D eigenvalue weighted by Crippen LogP contribution is -2.53. The molecule has 0 N–H and O–H groups in total. The fourth-order valence-electron chi connectivity index (χ4n) is 4.43. The second-order valence-electron chi connectivity index (χ2n) is 8.39. The first-order chi connectivity index (χ1) is 14.2. The molecule has 3 heteroatoms. The number of piperidine rings is 1. The second kappa shape index (κ2) is 11.3. The zero-order valence-corrected chi connectivity index (χ0v) is 18.3. The minimum absolute atomic E-state index is 0.739. The predicted octanol–water partition coefficient (Wildman–Crippen LogP) is 6.05. The Morgan fingerprint density at radius 1 is 0.793 bits per heavy atom. The molecule has 1 heterocycles. The number of likely N-dealkylation sites (tertiary alicyclic amines) is 1. The molecule has 2 aromatic carbocycles. The van der Waals surface area contributed by atoms with Crippen molar-refractivity contribution >= 4 is 0 Å². The van der Waals surface area contributed by atoms with Gasteiger partial charge in [0.25, 0.3) is 0 Å². The molecule has 3 rings (SSSR count). The van der Waals surface area contributed by atoms with Crippen molar-refractivity contribution in [3.05, 3.63) is 60.2 Å². The lowest BCUT2D eigenvalue weighted by atomic mass is 9.88. The van der Waals surface area contributed by atoms with Crippen LogP contribution in [0.15, 0.2) is 54.6 Å². The van der Waals surface area contributed by atoms with Crippen molar-refractivity contribution in [1.29, 1.82) is 0 Å². The standard InChI is InChI=1S/C26H38NO2/c1-3-5-21-28-25-12-14-26(15-13-25)29-22-9-18-27(4-2)19-16-24(17-20-27)23-10-7-6-8-11-23/h6-8,10-15,24H,3-5,9,16-22H2,1-2H3/q+1. The van der Waals surface area contributed by atoms with Gasteiger partial charge in [0.2, 0.25) is 0 Å². The number of rotatable bonds is 11. The first-order valence-corrected chi connectivity index (χ1v) is 11.5. The summed E-state index contributed by atoms with van der Waals surface area (Å²) in [4.78, 5) is 0. The fourth-order valence-corrected chi connectivity index (χ4v) is 4.43. The van der Waals surface area contributed by atoms with Crippen molar-refractivity contribution in [2.75, 3.05) is 39.4 Å². The van der Waals surface area contributed by atoms with Crippen LogP contribution in [-0.2, 0) is 0 Å². The number of nitrogens with zero attached hydrogens (tertiary/aromatic N) is 1.